The average molecular weight is 511 g/mol. The van der Waals surface area contributed by atoms with Crippen molar-refractivity contribution in [1.82, 2.24) is 4.98 Å². The lowest BCUT2D eigenvalue weighted by atomic mass is 10.1. The first-order valence-electron chi connectivity index (χ1n) is 11.6. The Bertz CT molecular complexity index is 992. The van der Waals surface area contributed by atoms with E-state index in [1.54, 1.807) is 13.3 Å². The number of alkyl halides is 1. The van der Waals surface area contributed by atoms with Crippen LogP contribution in [0.5, 0.6) is 17.2 Å². The van der Waals surface area contributed by atoms with Gasteiger partial charge < -0.3 is 19.1 Å². The molecule has 1 aromatic heterocycles. The first kappa shape index (κ1) is 23.4. The van der Waals surface area contributed by atoms with E-state index in [2.05, 4.69) is 56.1 Å². The monoisotopic (exact) mass is 510 g/mol. The van der Waals surface area contributed by atoms with Crippen molar-refractivity contribution in [3.8, 4) is 17.2 Å². The van der Waals surface area contributed by atoms with Gasteiger partial charge in [-0.1, -0.05) is 22.0 Å². The molecule has 0 radical (unpaired) electrons. The lowest BCUT2D eigenvalue weighted by Crippen LogP contribution is -2.17. The minimum absolute atomic E-state index is 0.261. The number of hydrogen-bond donors (Lipinski definition) is 0. The fourth-order valence-electron chi connectivity index (χ4n) is 4.08. The zero-order valence-corrected chi connectivity index (χ0v) is 20.7. The van der Waals surface area contributed by atoms with E-state index in [4.69, 9.17) is 14.2 Å². The molecule has 0 unspecified atom stereocenters. The van der Waals surface area contributed by atoms with Gasteiger partial charge in [-0.05, 0) is 80.1 Å². The molecule has 33 heavy (non-hydrogen) atoms. The van der Waals surface area contributed by atoms with Gasteiger partial charge in [0, 0.05) is 41.7 Å². The van der Waals surface area contributed by atoms with E-state index < -0.39 is 0 Å². The molecule has 1 saturated carbocycles. The smallest absolute Gasteiger partial charge is 0.163 e. The number of aromatic nitrogens is 1. The Balaban J connectivity index is 1.63. The van der Waals surface area contributed by atoms with E-state index >= 15 is 0 Å². The van der Waals surface area contributed by atoms with Crippen LogP contribution in [0, 0.1) is 0 Å². The number of benzene rings is 2. The largest absolute Gasteiger partial charge is 0.494 e. The molecule has 5 nitrogen and oxygen atoms in total. The Morgan fingerprint density at radius 1 is 1.00 bits per heavy atom. The van der Waals surface area contributed by atoms with Crippen molar-refractivity contribution in [3.63, 3.8) is 0 Å². The fraction of sp³-hybridized carbons (Fsp3) is 0.370. The van der Waals surface area contributed by atoms with Crippen LogP contribution in [0.1, 0.15) is 37.7 Å². The zero-order chi connectivity index (χ0) is 22.9. The Labute approximate surface area is 204 Å². The van der Waals surface area contributed by atoms with Gasteiger partial charge in [0.2, 0.25) is 0 Å². The van der Waals surface area contributed by atoms with Crippen molar-refractivity contribution >= 4 is 27.3 Å². The molecule has 0 atom stereocenters. The van der Waals surface area contributed by atoms with Crippen molar-refractivity contribution in [3.05, 3.63) is 72.6 Å². The molecular formula is C27H31BrN2O3. The van der Waals surface area contributed by atoms with Gasteiger partial charge in [-0.2, -0.15) is 0 Å². The lowest BCUT2D eigenvalue weighted by Gasteiger charge is -2.27. The van der Waals surface area contributed by atoms with Crippen LogP contribution in [-0.4, -0.2) is 30.1 Å². The summed E-state index contributed by atoms with van der Waals surface area (Å²) in [7, 11) is 1.69. The van der Waals surface area contributed by atoms with E-state index in [1.165, 1.54) is 12.8 Å². The summed E-state index contributed by atoms with van der Waals surface area (Å²) in [6.45, 7) is 1.39. The molecule has 0 spiro atoms. The van der Waals surface area contributed by atoms with Crippen LogP contribution in [0.3, 0.4) is 0 Å². The lowest BCUT2D eigenvalue weighted by molar-refractivity contribution is 0.201. The van der Waals surface area contributed by atoms with Gasteiger partial charge in [0.25, 0.3) is 0 Å². The van der Waals surface area contributed by atoms with Crippen LogP contribution in [0.2, 0.25) is 0 Å². The van der Waals surface area contributed by atoms with Crippen molar-refractivity contribution in [1.29, 1.82) is 0 Å². The Morgan fingerprint density at radius 2 is 1.79 bits per heavy atom. The fourth-order valence-corrected chi connectivity index (χ4v) is 4.31. The third-order valence-corrected chi connectivity index (χ3v) is 6.37. The van der Waals surface area contributed by atoms with Gasteiger partial charge in [0.1, 0.15) is 5.75 Å². The van der Waals surface area contributed by atoms with E-state index in [0.29, 0.717) is 13.2 Å². The van der Waals surface area contributed by atoms with Gasteiger partial charge in [0.05, 0.1) is 19.8 Å². The molecule has 0 amide bonds. The van der Waals surface area contributed by atoms with Crippen LogP contribution in [-0.2, 0) is 6.54 Å². The number of rotatable bonds is 11. The number of halogens is 1. The van der Waals surface area contributed by atoms with Crippen molar-refractivity contribution in [2.75, 3.05) is 23.9 Å². The minimum Gasteiger partial charge on any atom is -0.494 e. The van der Waals surface area contributed by atoms with Crippen LogP contribution in [0.4, 0.5) is 11.4 Å². The molecular weight excluding hydrogens is 480 g/mol. The maximum Gasteiger partial charge on any atom is 0.163 e. The highest BCUT2D eigenvalue weighted by Crippen LogP contribution is 2.38. The van der Waals surface area contributed by atoms with Crippen LogP contribution < -0.4 is 19.1 Å². The van der Waals surface area contributed by atoms with Crippen LogP contribution in [0.15, 0.2) is 67.0 Å². The second-order valence-corrected chi connectivity index (χ2v) is 8.98. The second kappa shape index (κ2) is 11.9. The molecule has 1 aliphatic rings. The van der Waals surface area contributed by atoms with E-state index in [-0.39, 0.29) is 6.10 Å². The third-order valence-electron chi connectivity index (χ3n) is 5.81. The summed E-state index contributed by atoms with van der Waals surface area (Å²) in [5, 5.41) is 0.937. The predicted molar refractivity (Wildman–Crippen MR) is 136 cm³/mol. The standard InChI is InChI=1S/C27H31BrN2O3/c1-31-26-14-11-23(18-27(26)33-25-7-2-3-8-25)30(20-21-6-4-16-29-19-21)22-9-12-24(13-10-22)32-17-5-15-28/h4,6,9-14,16,18-19,25H,2-3,5,7-8,15,17,20H2,1H3. The highest BCUT2D eigenvalue weighted by molar-refractivity contribution is 9.09. The maximum atomic E-state index is 6.36. The van der Waals surface area contributed by atoms with Gasteiger partial charge in [-0.3, -0.25) is 4.98 Å². The SMILES string of the molecule is COc1ccc(N(Cc2cccnc2)c2ccc(OCCCBr)cc2)cc1OC1CCCC1. The molecule has 174 valence electrons. The van der Waals surface area contributed by atoms with Crippen molar-refractivity contribution in [2.24, 2.45) is 0 Å². The summed E-state index contributed by atoms with van der Waals surface area (Å²) in [5.74, 6) is 2.44. The summed E-state index contributed by atoms with van der Waals surface area (Å²) in [5.41, 5.74) is 3.24. The molecule has 1 heterocycles. The van der Waals surface area contributed by atoms with E-state index in [1.807, 2.05) is 30.5 Å². The first-order chi connectivity index (χ1) is 16.3. The van der Waals surface area contributed by atoms with Crippen molar-refractivity contribution in [2.45, 2.75) is 44.8 Å². The summed E-state index contributed by atoms with van der Waals surface area (Å²) < 4.78 is 17.8. The second-order valence-electron chi connectivity index (χ2n) is 8.19. The van der Waals surface area contributed by atoms with Gasteiger partial charge in [-0.15, -0.1) is 0 Å². The third kappa shape index (κ3) is 6.41. The number of ether oxygens (including phenoxy) is 3. The zero-order valence-electron chi connectivity index (χ0n) is 19.1. The molecule has 1 aliphatic carbocycles. The normalized spacial score (nSPS) is 13.6. The molecule has 0 bridgehead atoms. The number of nitrogens with zero attached hydrogens (tertiary/aromatic N) is 2. The number of pyridine rings is 1. The van der Waals surface area contributed by atoms with Gasteiger partial charge >= 0.3 is 0 Å². The summed E-state index contributed by atoms with van der Waals surface area (Å²) in [6.07, 6.45) is 9.60. The number of methoxy groups -OCH3 is 1. The van der Waals surface area contributed by atoms with Crippen LogP contribution in [0.25, 0.3) is 0 Å². The molecule has 1 fully saturated rings. The predicted octanol–water partition coefficient (Wildman–Crippen LogP) is 6.91. The summed E-state index contributed by atoms with van der Waals surface area (Å²) in [4.78, 5) is 6.56. The molecule has 0 N–H and O–H groups in total. The number of hydrogen-bond acceptors (Lipinski definition) is 5. The highest BCUT2D eigenvalue weighted by Gasteiger charge is 2.20. The molecule has 6 heteroatoms. The average Bonchev–Trinajstić information content (AvgIpc) is 3.37. The summed E-state index contributed by atoms with van der Waals surface area (Å²) in [6, 6.07) is 18.5. The Hall–Kier alpha value is -2.73. The molecule has 0 saturated heterocycles. The topological polar surface area (TPSA) is 43.8 Å². The van der Waals surface area contributed by atoms with E-state index in [0.717, 1.165) is 58.8 Å². The molecule has 2 aromatic carbocycles. The molecule has 4 rings (SSSR count). The minimum atomic E-state index is 0.261. The molecule has 3 aromatic rings. The Morgan fingerprint density at radius 3 is 2.48 bits per heavy atom. The number of anilines is 2. The van der Waals surface area contributed by atoms with Gasteiger partial charge in [0.15, 0.2) is 11.5 Å². The molecule has 0 aliphatic heterocycles. The Kier molecular flexibility index (Phi) is 8.47. The highest BCUT2D eigenvalue weighted by atomic mass is 79.9. The first-order valence-corrected chi connectivity index (χ1v) is 12.7. The van der Waals surface area contributed by atoms with Gasteiger partial charge in [-0.25, -0.2) is 0 Å². The maximum absolute atomic E-state index is 6.36. The van der Waals surface area contributed by atoms with E-state index in [9.17, 15) is 0 Å². The van der Waals surface area contributed by atoms with Crippen LogP contribution >= 0.6 is 15.9 Å². The van der Waals surface area contributed by atoms with Crippen molar-refractivity contribution < 1.29 is 14.2 Å². The quantitative estimate of drug-likeness (QED) is 0.207. The summed E-state index contributed by atoms with van der Waals surface area (Å²) >= 11 is 3.44.